The fraction of sp³-hybridized carbons (Fsp3) is 0.900. The van der Waals surface area contributed by atoms with Gasteiger partial charge in [0.25, 0.3) is 0 Å². The van der Waals surface area contributed by atoms with Gasteiger partial charge in [0.05, 0.1) is 13.0 Å². The molecule has 15 heavy (non-hydrogen) atoms. The molecule has 0 spiro atoms. The van der Waals surface area contributed by atoms with Crippen molar-refractivity contribution in [1.82, 2.24) is 0 Å². The minimum Gasteiger partial charge on any atom is -0.469 e. The number of hydrogen-bond donors (Lipinski definition) is 2. The number of carbonyl (C=O) groups excluding carboxylic acids is 1. The van der Waals surface area contributed by atoms with E-state index in [9.17, 15) is 4.79 Å². The van der Waals surface area contributed by atoms with E-state index in [2.05, 4.69) is 0 Å². The van der Waals surface area contributed by atoms with E-state index < -0.39 is 7.12 Å². The Balaban J connectivity index is 3.71. The summed E-state index contributed by atoms with van der Waals surface area (Å²) in [7, 11) is 0.176. The first kappa shape index (κ1) is 14.5. The second-order valence-electron chi connectivity index (χ2n) is 3.77. The van der Waals surface area contributed by atoms with Crippen LogP contribution in [-0.2, 0) is 9.53 Å². The van der Waals surface area contributed by atoms with Gasteiger partial charge in [-0.2, -0.15) is 0 Å². The maximum Gasteiger partial charge on any atom is 0.451 e. The summed E-state index contributed by atoms with van der Waals surface area (Å²) in [5.74, 6) is -0.183. The van der Waals surface area contributed by atoms with Gasteiger partial charge in [0.1, 0.15) is 0 Å². The summed E-state index contributed by atoms with van der Waals surface area (Å²) in [6.07, 6.45) is 4.51. The van der Waals surface area contributed by atoms with E-state index in [0.29, 0.717) is 6.32 Å². The van der Waals surface area contributed by atoms with E-state index in [4.69, 9.17) is 14.8 Å². The molecule has 0 amide bonds. The van der Waals surface area contributed by atoms with Crippen LogP contribution < -0.4 is 0 Å². The van der Waals surface area contributed by atoms with Gasteiger partial charge in [-0.05, 0) is 19.2 Å². The van der Waals surface area contributed by atoms with E-state index >= 15 is 0 Å². The van der Waals surface area contributed by atoms with Crippen LogP contribution in [0.5, 0.6) is 0 Å². The van der Waals surface area contributed by atoms with Gasteiger partial charge in [0, 0.05) is 0 Å². The molecular weight excluding hydrogens is 195 g/mol. The van der Waals surface area contributed by atoms with Gasteiger partial charge in [0.15, 0.2) is 0 Å². The van der Waals surface area contributed by atoms with Crippen molar-refractivity contribution in [3.63, 3.8) is 0 Å². The molecule has 0 aliphatic rings. The van der Waals surface area contributed by atoms with Crippen molar-refractivity contribution in [1.29, 1.82) is 0 Å². The van der Waals surface area contributed by atoms with Gasteiger partial charge < -0.3 is 14.8 Å². The van der Waals surface area contributed by atoms with Gasteiger partial charge in [0.2, 0.25) is 0 Å². The third-order valence-electron chi connectivity index (χ3n) is 2.44. The van der Waals surface area contributed by atoms with E-state index in [1.807, 2.05) is 6.92 Å². The van der Waals surface area contributed by atoms with Crippen LogP contribution >= 0.6 is 0 Å². The molecule has 0 heterocycles. The molecule has 0 aliphatic heterocycles. The van der Waals surface area contributed by atoms with Crippen LogP contribution in [0, 0.1) is 5.92 Å². The zero-order valence-corrected chi connectivity index (χ0v) is 9.61. The number of carbonyl (C=O) groups is 1. The van der Waals surface area contributed by atoms with Crippen LogP contribution in [0.15, 0.2) is 0 Å². The maximum absolute atomic E-state index is 11.3. The molecule has 4 nitrogen and oxygen atoms in total. The molecule has 0 aromatic heterocycles. The smallest absolute Gasteiger partial charge is 0.451 e. The number of hydrogen-bond acceptors (Lipinski definition) is 4. The first-order valence-corrected chi connectivity index (χ1v) is 5.55. The number of ether oxygens (including phenoxy) is 1. The number of methoxy groups -OCH3 is 1. The van der Waals surface area contributed by atoms with Crippen molar-refractivity contribution >= 4 is 13.1 Å². The van der Waals surface area contributed by atoms with Crippen LogP contribution in [0.1, 0.15) is 39.0 Å². The van der Waals surface area contributed by atoms with Crippen LogP contribution in [0.25, 0.3) is 0 Å². The van der Waals surface area contributed by atoms with Gasteiger partial charge in [-0.25, -0.2) is 0 Å². The molecule has 0 saturated heterocycles. The average molecular weight is 216 g/mol. The Morgan fingerprint density at radius 2 is 2.00 bits per heavy atom. The predicted octanol–water partition coefficient (Wildman–Crippen LogP) is 1.22. The molecule has 88 valence electrons. The Labute approximate surface area is 91.8 Å². The summed E-state index contributed by atoms with van der Waals surface area (Å²) in [6, 6.07) is 0. The topological polar surface area (TPSA) is 66.8 Å². The summed E-state index contributed by atoms with van der Waals surface area (Å²) in [5.41, 5.74) is 0. The summed E-state index contributed by atoms with van der Waals surface area (Å²) in [5, 5.41) is 17.3. The quantitative estimate of drug-likeness (QED) is 0.363. The van der Waals surface area contributed by atoms with Gasteiger partial charge in [-0.1, -0.05) is 26.2 Å². The van der Waals surface area contributed by atoms with Crippen LogP contribution in [0.4, 0.5) is 0 Å². The molecule has 2 N–H and O–H groups in total. The summed E-state index contributed by atoms with van der Waals surface area (Å²) in [4.78, 5) is 11.3. The third-order valence-corrected chi connectivity index (χ3v) is 2.44. The van der Waals surface area contributed by atoms with Crippen molar-refractivity contribution in [3.05, 3.63) is 0 Å². The van der Waals surface area contributed by atoms with Gasteiger partial charge >= 0.3 is 13.1 Å². The van der Waals surface area contributed by atoms with Crippen molar-refractivity contribution in [2.24, 2.45) is 5.92 Å². The SMILES string of the molecule is CCCC(CCCCB(O)O)C(=O)OC. The molecule has 1 atom stereocenters. The normalized spacial score (nSPS) is 12.3. The lowest BCUT2D eigenvalue weighted by Gasteiger charge is -2.13. The van der Waals surface area contributed by atoms with E-state index in [1.54, 1.807) is 0 Å². The Morgan fingerprint density at radius 1 is 1.33 bits per heavy atom. The minimum absolute atomic E-state index is 0.0316. The molecule has 0 aromatic carbocycles. The second kappa shape index (κ2) is 8.74. The molecule has 0 rings (SSSR count). The monoisotopic (exact) mass is 216 g/mol. The fourth-order valence-electron chi connectivity index (χ4n) is 1.61. The molecule has 0 saturated carbocycles. The Hall–Kier alpha value is -0.545. The highest BCUT2D eigenvalue weighted by atomic mass is 16.5. The summed E-state index contributed by atoms with van der Waals surface area (Å²) >= 11 is 0. The third kappa shape index (κ3) is 7.39. The fourth-order valence-corrected chi connectivity index (χ4v) is 1.61. The second-order valence-corrected chi connectivity index (χ2v) is 3.77. The lowest BCUT2D eigenvalue weighted by atomic mass is 9.82. The van der Waals surface area contributed by atoms with Crippen molar-refractivity contribution in [2.75, 3.05) is 7.11 Å². The van der Waals surface area contributed by atoms with Crippen molar-refractivity contribution in [2.45, 2.75) is 45.3 Å². The Bertz CT molecular complexity index is 173. The predicted molar refractivity (Wildman–Crippen MR) is 59.3 cm³/mol. The van der Waals surface area contributed by atoms with Gasteiger partial charge in [-0.3, -0.25) is 4.79 Å². The molecular formula is C10H21BO4. The molecule has 0 bridgehead atoms. The zero-order valence-electron chi connectivity index (χ0n) is 9.61. The molecule has 1 unspecified atom stereocenters. The van der Waals surface area contributed by atoms with Crippen LogP contribution in [0.2, 0.25) is 6.32 Å². The average Bonchev–Trinajstić information content (AvgIpc) is 2.21. The standard InChI is InChI=1S/C10H21BO4/c1-3-6-9(10(12)15-2)7-4-5-8-11(13)14/h9,13-14H,3-8H2,1-2H3. The zero-order chi connectivity index (χ0) is 11.7. The highest BCUT2D eigenvalue weighted by molar-refractivity contribution is 6.40. The Kier molecular flexibility index (Phi) is 8.42. The first-order chi connectivity index (χ1) is 7.11. The highest BCUT2D eigenvalue weighted by Gasteiger charge is 2.17. The van der Waals surface area contributed by atoms with Crippen molar-refractivity contribution < 1.29 is 19.6 Å². The molecule has 0 aromatic rings. The van der Waals surface area contributed by atoms with Crippen molar-refractivity contribution in [3.8, 4) is 0 Å². The number of unbranched alkanes of at least 4 members (excludes halogenated alkanes) is 1. The molecule has 0 radical (unpaired) electrons. The first-order valence-electron chi connectivity index (χ1n) is 5.55. The largest absolute Gasteiger partial charge is 0.469 e. The highest BCUT2D eigenvalue weighted by Crippen LogP contribution is 2.17. The van der Waals surface area contributed by atoms with Gasteiger partial charge in [-0.15, -0.1) is 0 Å². The van der Waals surface area contributed by atoms with Crippen LogP contribution in [-0.4, -0.2) is 30.2 Å². The molecule has 0 aliphatic carbocycles. The lowest BCUT2D eigenvalue weighted by Crippen LogP contribution is -2.16. The van der Waals surface area contributed by atoms with E-state index in [0.717, 1.165) is 32.1 Å². The maximum atomic E-state index is 11.3. The number of rotatable bonds is 8. The van der Waals surface area contributed by atoms with E-state index in [-0.39, 0.29) is 11.9 Å². The molecule has 5 heteroatoms. The van der Waals surface area contributed by atoms with Crippen LogP contribution in [0.3, 0.4) is 0 Å². The summed E-state index contributed by atoms with van der Waals surface area (Å²) in [6.45, 7) is 2.04. The summed E-state index contributed by atoms with van der Waals surface area (Å²) < 4.78 is 4.71. The molecule has 0 fully saturated rings. The Morgan fingerprint density at radius 3 is 2.47 bits per heavy atom. The lowest BCUT2D eigenvalue weighted by molar-refractivity contribution is -0.146. The van der Waals surface area contributed by atoms with E-state index in [1.165, 1.54) is 7.11 Å². The minimum atomic E-state index is -1.23. The number of esters is 1.